The molecule has 0 bridgehead atoms. The zero-order chi connectivity index (χ0) is 22.1. The van der Waals surface area contributed by atoms with E-state index in [0.717, 1.165) is 16.6 Å². The number of aromatic amines is 1. The highest BCUT2D eigenvalue weighted by atomic mass is 16.2. The normalized spacial score (nSPS) is 11.9. The van der Waals surface area contributed by atoms with Gasteiger partial charge in [0.2, 0.25) is 11.8 Å². The van der Waals surface area contributed by atoms with Crippen LogP contribution in [0.5, 0.6) is 0 Å². The van der Waals surface area contributed by atoms with Gasteiger partial charge in [0.1, 0.15) is 5.82 Å². The molecule has 0 saturated heterocycles. The first kappa shape index (κ1) is 21.5. The van der Waals surface area contributed by atoms with Crippen molar-refractivity contribution in [2.75, 3.05) is 10.6 Å². The van der Waals surface area contributed by atoms with Gasteiger partial charge in [0.25, 0.3) is 0 Å². The van der Waals surface area contributed by atoms with Gasteiger partial charge in [-0.3, -0.25) is 9.59 Å². The quantitative estimate of drug-likeness (QED) is 0.360. The first-order valence-corrected chi connectivity index (χ1v) is 9.90. The molecule has 6 heteroatoms. The van der Waals surface area contributed by atoms with E-state index in [9.17, 15) is 9.59 Å². The summed E-state index contributed by atoms with van der Waals surface area (Å²) >= 11 is 0. The van der Waals surface area contributed by atoms with Crippen molar-refractivity contribution in [1.29, 1.82) is 0 Å². The molecule has 3 rings (SSSR count). The number of amides is 2. The van der Waals surface area contributed by atoms with E-state index >= 15 is 0 Å². The third-order valence-corrected chi connectivity index (χ3v) is 4.28. The van der Waals surface area contributed by atoms with Crippen LogP contribution in [0.25, 0.3) is 22.4 Å². The third-order valence-electron chi connectivity index (χ3n) is 4.28. The lowest BCUT2D eigenvalue weighted by Crippen LogP contribution is -2.07. The maximum atomic E-state index is 11.9. The molecule has 1 heterocycles. The molecule has 2 amide bonds. The summed E-state index contributed by atoms with van der Waals surface area (Å²) in [5.74, 6) is 0.317. The van der Waals surface area contributed by atoms with Crippen LogP contribution in [0.4, 0.5) is 11.4 Å². The number of H-pyrrole nitrogens is 1. The zero-order valence-corrected chi connectivity index (χ0v) is 17.4. The monoisotopic (exact) mass is 412 g/mol. The molecule has 0 aliphatic carbocycles. The molecule has 0 aliphatic heterocycles. The molecule has 0 saturated carbocycles. The number of imidazole rings is 1. The summed E-state index contributed by atoms with van der Waals surface area (Å²) in [5, 5.41) is 5.64. The Labute approximate surface area is 181 Å². The van der Waals surface area contributed by atoms with Gasteiger partial charge in [-0.05, 0) is 56.3 Å². The van der Waals surface area contributed by atoms with E-state index in [4.69, 9.17) is 0 Å². The second-order valence-corrected chi connectivity index (χ2v) is 6.64. The predicted octanol–water partition coefficient (Wildman–Crippen LogP) is 5.37. The molecule has 0 unspecified atom stereocenters. The fourth-order valence-corrected chi connectivity index (χ4v) is 2.81. The summed E-state index contributed by atoms with van der Waals surface area (Å²) < 4.78 is 0. The largest absolute Gasteiger partial charge is 0.338 e. The van der Waals surface area contributed by atoms with Crippen LogP contribution in [0.15, 0.2) is 91.1 Å². The Kier molecular flexibility index (Phi) is 7.32. The molecule has 0 aliphatic rings. The number of hydrogen-bond acceptors (Lipinski definition) is 3. The lowest BCUT2D eigenvalue weighted by atomic mass is 10.2. The Hall–Kier alpha value is -4.19. The highest BCUT2D eigenvalue weighted by Gasteiger charge is 2.07. The van der Waals surface area contributed by atoms with Gasteiger partial charge in [0, 0.05) is 29.1 Å². The molecular weight excluding hydrogens is 388 g/mol. The molecule has 0 fully saturated rings. The Morgan fingerprint density at radius 2 is 1.39 bits per heavy atom. The van der Waals surface area contributed by atoms with Crippen LogP contribution in [-0.4, -0.2) is 21.8 Å². The van der Waals surface area contributed by atoms with Crippen LogP contribution in [0.1, 0.15) is 13.8 Å². The summed E-state index contributed by atoms with van der Waals surface area (Å²) in [6.07, 6.45) is 13.6. The lowest BCUT2D eigenvalue weighted by molar-refractivity contribution is -0.112. The Morgan fingerprint density at radius 3 is 2.00 bits per heavy atom. The van der Waals surface area contributed by atoms with Crippen molar-refractivity contribution >= 4 is 34.2 Å². The fourth-order valence-electron chi connectivity index (χ4n) is 2.81. The minimum Gasteiger partial charge on any atom is -0.338 e. The molecule has 0 radical (unpaired) electrons. The number of benzene rings is 2. The first-order valence-electron chi connectivity index (χ1n) is 9.90. The molecule has 156 valence electrons. The van der Waals surface area contributed by atoms with Crippen molar-refractivity contribution in [1.82, 2.24) is 9.97 Å². The van der Waals surface area contributed by atoms with E-state index in [0.29, 0.717) is 17.2 Å². The van der Waals surface area contributed by atoms with Crippen LogP contribution < -0.4 is 10.6 Å². The number of allylic oxidation sites excluding steroid dienone is 6. The third kappa shape index (κ3) is 6.14. The molecule has 31 heavy (non-hydrogen) atoms. The smallest absolute Gasteiger partial charge is 0.248 e. The van der Waals surface area contributed by atoms with Gasteiger partial charge in [-0.25, -0.2) is 4.98 Å². The van der Waals surface area contributed by atoms with Crippen LogP contribution in [0.2, 0.25) is 0 Å². The molecule has 0 spiro atoms. The van der Waals surface area contributed by atoms with Crippen molar-refractivity contribution < 1.29 is 9.59 Å². The number of hydrogen-bond donors (Lipinski definition) is 3. The number of aromatic nitrogens is 2. The minimum absolute atomic E-state index is 0.190. The number of rotatable bonds is 7. The minimum atomic E-state index is -0.199. The molecule has 3 aromatic rings. The molecule has 0 atom stereocenters. The number of nitrogens with one attached hydrogen (secondary N) is 3. The van der Waals surface area contributed by atoms with Gasteiger partial charge < -0.3 is 15.6 Å². The van der Waals surface area contributed by atoms with Gasteiger partial charge in [0.05, 0.1) is 11.0 Å². The zero-order valence-electron chi connectivity index (χ0n) is 17.4. The van der Waals surface area contributed by atoms with Gasteiger partial charge in [-0.1, -0.05) is 36.5 Å². The van der Waals surface area contributed by atoms with E-state index in [-0.39, 0.29) is 11.8 Å². The van der Waals surface area contributed by atoms with Crippen molar-refractivity contribution in [3.05, 3.63) is 91.1 Å². The topological polar surface area (TPSA) is 86.9 Å². The Bertz CT molecular complexity index is 1180. The van der Waals surface area contributed by atoms with Crippen molar-refractivity contribution in [2.24, 2.45) is 0 Å². The van der Waals surface area contributed by atoms with E-state index in [1.165, 1.54) is 12.2 Å². The summed E-state index contributed by atoms with van der Waals surface area (Å²) in [5.41, 5.74) is 3.88. The fraction of sp³-hybridized carbons (Fsp3) is 0.0800. The number of carbonyl (C=O) groups excluding carboxylic acids is 2. The number of nitrogens with zero attached hydrogens (tertiary/aromatic N) is 1. The van der Waals surface area contributed by atoms with E-state index < -0.39 is 0 Å². The number of carbonyl (C=O) groups is 2. The average Bonchev–Trinajstić information content (AvgIpc) is 3.18. The van der Waals surface area contributed by atoms with Crippen LogP contribution in [0.3, 0.4) is 0 Å². The first-order chi connectivity index (χ1) is 15.1. The van der Waals surface area contributed by atoms with Gasteiger partial charge in [-0.2, -0.15) is 0 Å². The summed E-state index contributed by atoms with van der Waals surface area (Å²) in [6.45, 7) is 3.78. The highest BCUT2D eigenvalue weighted by molar-refractivity contribution is 6.01. The van der Waals surface area contributed by atoms with Crippen LogP contribution in [0, 0.1) is 0 Å². The summed E-state index contributed by atoms with van der Waals surface area (Å²) in [6, 6.07) is 12.9. The maximum absolute atomic E-state index is 11.9. The van der Waals surface area contributed by atoms with Crippen molar-refractivity contribution in [2.45, 2.75) is 13.8 Å². The summed E-state index contributed by atoms with van der Waals surface area (Å²) in [4.78, 5) is 31.7. The summed E-state index contributed by atoms with van der Waals surface area (Å²) in [7, 11) is 0. The molecular formula is C25H24N4O2. The van der Waals surface area contributed by atoms with E-state index in [1.54, 1.807) is 24.3 Å². The van der Waals surface area contributed by atoms with Crippen molar-refractivity contribution in [3.8, 4) is 11.4 Å². The molecule has 2 aromatic carbocycles. The Balaban J connectivity index is 1.71. The van der Waals surface area contributed by atoms with Gasteiger partial charge in [0.15, 0.2) is 0 Å². The molecule has 1 aromatic heterocycles. The highest BCUT2D eigenvalue weighted by Crippen LogP contribution is 2.24. The number of fused-ring (bicyclic) bond motifs is 1. The van der Waals surface area contributed by atoms with Gasteiger partial charge >= 0.3 is 0 Å². The number of anilines is 2. The molecule has 6 nitrogen and oxygen atoms in total. The second kappa shape index (κ2) is 10.5. The lowest BCUT2D eigenvalue weighted by Gasteiger charge is -2.03. The van der Waals surface area contributed by atoms with Crippen molar-refractivity contribution in [3.63, 3.8) is 0 Å². The SMILES string of the molecule is C/C=C/C=C/C(=O)Nc1ccc(-c2nc3ccc(NC(=O)/C=C/C=C/C)cc3[nH]2)cc1. The van der Waals surface area contributed by atoms with E-state index in [2.05, 4.69) is 20.6 Å². The van der Waals surface area contributed by atoms with Crippen LogP contribution in [-0.2, 0) is 9.59 Å². The van der Waals surface area contributed by atoms with E-state index in [1.807, 2.05) is 68.5 Å². The maximum Gasteiger partial charge on any atom is 0.248 e. The standard InChI is InChI=1S/C25H24N4O2/c1-3-5-7-9-23(30)26-19-13-11-18(12-14-19)25-28-21-16-15-20(17-22(21)29-25)27-24(31)10-8-6-4-2/h3-17H,1-2H3,(H,26,30)(H,27,31)(H,28,29)/b5-3+,6-4+,9-7+,10-8+. The Morgan fingerprint density at radius 1 is 0.806 bits per heavy atom. The van der Waals surface area contributed by atoms with Crippen LogP contribution >= 0.6 is 0 Å². The van der Waals surface area contributed by atoms with Gasteiger partial charge in [-0.15, -0.1) is 0 Å². The second-order valence-electron chi connectivity index (χ2n) is 6.64. The molecule has 3 N–H and O–H groups in total. The predicted molar refractivity (Wildman–Crippen MR) is 127 cm³/mol. The average molecular weight is 412 g/mol.